The van der Waals surface area contributed by atoms with E-state index in [4.69, 9.17) is 23.2 Å². The third-order valence-corrected chi connectivity index (χ3v) is 3.93. The fraction of sp³-hybridized carbons (Fsp3) is 0.0625. The van der Waals surface area contributed by atoms with Gasteiger partial charge >= 0.3 is 0 Å². The van der Waals surface area contributed by atoms with Crippen molar-refractivity contribution in [3.05, 3.63) is 58.8 Å². The molecular formula is C16H11Cl2N4S. The largest absolute Gasteiger partial charge is 0.338 e. The molecule has 0 spiro atoms. The molecule has 1 radical (unpaired) electrons. The first kappa shape index (κ1) is 16.1. The molecule has 3 aromatic rings. The van der Waals surface area contributed by atoms with E-state index in [-0.39, 0.29) is 0 Å². The Morgan fingerprint density at radius 3 is 2.39 bits per heavy atom. The number of aromatic nitrogens is 3. The highest BCUT2D eigenvalue weighted by atomic mass is 35.5. The highest BCUT2D eigenvalue weighted by Gasteiger charge is 2.05. The summed E-state index contributed by atoms with van der Waals surface area (Å²) in [6.07, 6.45) is 5.35. The Hall–Kier alpha value is -1.82. The summed E-state index contributed by atoms with van der Waals surface area (Å²) >= 11 is 13.6. The van der Waals surface area contributed by atoms with Crippen LogP contribution < -0.4 is 5.32 Å². The average Bonchev–Trinajstić information content (AvgIpc) is 2.55. The standard InChI is InChI=1S/C16H11Cl2N4S/c1-23-16-19-8-13(9-20-16)21-15-4-2-3-14(22-15)10-5-11(17)7-12(18)6-10/h3-9H,1H3,(H,21,22). The molecule has 0 saturated heterocycles. The zero-order valence-electron chi connectivity index (χ0n) is 12.0. The van der Waals surface area contributed by atoms with Gasteiger partial charge in [-0.2, -0.15) is 0 Å². The maximum atomic E-state index is 6.04. The Bertz CT molecular complexity index is 804. The van der Waals surface area contributed by atoms with Crippen molar-refractivity contribution in [3.8, 4) is 11.3 Å². The lowest BCUT2D eigenvalue weighted by molar-refractivity contribution is 0.972. The van der Waals surface area contributed by atoms with Crippen molar-refractivity contribution in [2.24, 2.45) is 0 Å². The lowest BCUT2D eigenvalue weighted by atomic mass is 10.1. The van der Waals surface area contributed by atoms with Crippen LogP contribution in [-0.2, 0) is 0 Å². The van der Waals surface area contributed by atoms with E-state index in [9.17, 15) is 0 Å². The van der Waals surface area contributed by atoms with Gasteiger partial charge in [0.2, 0.25) is 0 Å². The van der Waals surface area contributed by atoms with Gasteiger partial charge in [-0.15, -0.1) is 0 Å². The molecule has 0 bridgehead atoms. The van der Waals surface area contributed by atoms with Crippen molar-refractivity contribution < 1.29 is 0 Å². The van der Waals surface area contributed by atoms with E-state index in [1.807, 2.05) is 18.4 Å². The van der Waals surface area contributed by atoms with Crippen molar-refractivity contribution in [1.82, 2.24) is 15.0 Å². The molecule has 0 unspecified atom stereocenters. The minimum absolute atomic E-state index is 0.564. The number of halogens is 2. The summed E-state index contributed by atoms with van der Waals surface area (Å²) in [7, 11) is 0. The number of pyridine rings is 1. The number of thioether (sulfide) groups is 1. The monoisotopic (exact) mass is 361 g/mol. The maximum Gasteiger partial charge on any atom is 0.187 e. The topological polar surface area (TPSA) is 50.7 Å². The third-order valence-electron chi connectivity index (χ3n) is 2.92. The number of anilines is 2. The SMILES string of the molecule is CSc1ncc(Nc2c[c]cc(-c3cc(Cl)cc(Cl)c3)n2)cn1. The maximum absolute atomic E-state index is 6.04. The van der Waals surface area contributed by atoms with Gasteiger partial charge in [0.1, 0.15) is 5.82 Å². The van der Waals surface area contributed by atoms with E-state index in [0.29, 0.717) is 15.9 Å². The fourth-order valence-electron chi connectivity index (χ4n) is 1.94. The Morgan fingerprint density at radius 2 is 1.74 bits per heavy atom. The Balaban J connectivity index is 1.87. The van der Waals surface area contributed by atoms with Crippen LogP contribution in [0.2, 0.25) is 10.0 Å². The zero-order valence-corrected chi connectivity index (χ0v) is 14.4. The second-order valence-corrected chi connectivity index (χ2v) is 6.23. The number of rotatable bonds is 4. The first-order valence-electron chi connectivity index (χ1n) is 6.62. The van der Waals surface area contributed by atoms with Crippen LogP contribution in [0.4, 0.5) is 11.5 Å². The van der Waals surface area contributed by atoms with Crippen molar-refractivity contribution in [2.45, 2.75) is 5.16 Å². The molecule has 3 rings (SSSR count). The first-order chi connectivity index (χ1) is 11.1. The lowest BCUT2D eigenvalue weighted by Crippen LogP contribution is -1.97. The number of benzene rings is 1. The normalized spacial score (nSPS) is 10.6. The second kappa shape index (κ2) is 7.17. The molecule has 1 aromatic carbocycles. The van der Waals surface area contributed by atoms with E-state index in [1.165, 1.54) is 11.8 Å². The van der Waals surface area contributed by atoms with Crippen molar-refractivity contribution >= 4 is 46.5 Å². The van der Waals surface area contributed by atoms with E-state index in [0.717, 1.165) is 22.1 Å². The van der Waals surface area contributed by atoms with E-state index < -0.39 is 0 Å². The molecule has 2 heterocycles. The fourth-order valence-corrected chi connectivity index (χ4v) is 2.78. The summed E-state index contributed by atoms with van der Waals surface area (Å²) in [5.41, 5.74) is 2.31. The average molecular weight is 362 g/mol. The van der Waals surface area contributed by atoms with Gasteiger partial charge in [-0.1, -0.05) is 35.0 Å². The van der Waals surface area contributed by atoms with Gasteiger partial charge in [0.25, 0.3) is 0 Å². The second-order valence-electron chi connectivity index (χ2n) is 4.58. The van der Waals surface area contributed by atoms with Crippen LogP contribution in [-0.4, -0.2) is 21.2 Å². The summed E-state index contributed by atoms with van der Waals surface area (Å²) in [5.74, 6) is 0.638. The van der Waals surface area contributed by atoms with Gasteiger partial charge < -0.3 is 5.32 Å². The molecule has 2 aromatic heterocycles. The predicted molar refractivity (Wildman–Crippen MR) is 95.6 cm³/mol. The summed E-state index contributed by atoms with van der Waals surface area (Å²) in [5, 5.41) is 5.00. The number of nitrogens with zero attached hydrogens (tertiary/aromatic N) is 3. The van der Waals surface area contributed by atoms with Crippen molar-refractivity contribution in [3.63, 3.8) is 0 Å². The quantitative estimate of drug-likeness (QED) is 0.516. The van der Waals surface area contributed by atoms with Crippen LogP contribution in [0.3, 0.4) is 0 Å². The molecule has 0 fully saturated rings. The van der Waals surface area contributed by atoms with Crippen LogP contribution >= 0.6 is 35.0 Å². The molecule has 1 N–H and O–H groups in total. The molecule has 4 nitrogen and oxygen atoms in total. The summed E-state index contributed by atoms with van der Waals surface area (Å²) in [6.45, 7) is 0. The molecule has 23 heavy (non-hydrogen) atoms. The molecule has 0 aliphatic heterocycles. The van der Waals surface area contributed by atoms with Gasteiger partial charge in [-0.3, -0.25) is 0 Å². The van der Waals surface area contributed by atoms with Crippen LogP contribution in [0.1, 0.15) is 0 Å². The van der Waals surface area contributed by atoms with Crippen LogP contribution in [0.5, 0.6) is 0 Å². The Kier molecular flexibility index (Phi) is 5.00. The molecule has 0 aliphatic carbocycles. The highest BCUT2D eigenvalue weighted by Crippen LogP contribution is 2.27. The first-order valence-corrected chi connectivity index (χ1v) is 8.60. The molecule has 115 valence electrons. The van der Waals surface area contributed by atoms with Crippen molar-refractivity contribution in [1.29, 1.82) is 0 Å². The predicted octanol–water partition coefficient (Wildman–Crippen LogP) is 5.11. The number of nitrogens with one attached hydrogen (secondary N) is 1. The number of hydrogen-bond acceptors (Lipinski definition) is 5. The molecule has 0 amide bonds. The third kappa shape index (κ3) is 4.13. The molecule has 0 saturated carbocycles. The smallest absolute Gasteiger partial charge is 0.187 e. The molecular weight excluding hydrogens is 351 g/mol. The van der Waals surface area contributed by atoms with Crippen LogP contribution in [0, 0.1) is 6.07 Å². The Labute approximate surface area is 148 Å². The molecule has 0 aliphatic rings. The van der Waals surface area contributed by atoms with Gasteiger partial charge in [0.15, 0.2) is 5.16 Å². The van der Waals surface area contributed by atoms with Crippen LogP contribution in [0.15, 0.2) is 47.9 Å². The molecule has 7 heteroatoms. The van der Waals surface area contributed by atoms with Gasteiger partial charge in [-0.05, 0) is 42.7 Å². The zero-order chi connectivity index (χ0) is 16.2. The summed E-state index contributed by atoms with van der Waals surface area (Å²) in [6, 6.07) is 11.9. The summed E-state index contributed by atoms with van der Waals surface area (Å²) < 4.78 is 0. The molecule has 0 atom stereocenters. The minimum Gasteiger partial charge on any atom is -0.338 e. The summed E-state index contributed by atoms with van der Waals surface area (Å²) in [4.78, 5) is 13.0. The van der Waals surface area contributed by atoms with E-state index in [1.54, 1.807) is 30.6 Å². The van der Waals surface area contributed by atoms with E-state index in [2.05, 4.69) is 26.3 Å². The minimum atomic E-state index is 0.564. The van der Waals surface area contributed by atoms with E-state index >= 15 is 0 Å². The van der Waals surface area contributed by atoms with Gasteiger partial charge in [0, 0.05) is 15.6 Å². The number of hydrogen-bond donors (Lipinski definition) is 1. The lowest BCUT2D eigenvalue weighted by Gasteiger charge is -2.08. The highest BCUT2D eigenvalue weighted by molar-refractivity contribution is 7.98. The van der Waals surface area contributed by atoms with Crippen LogP contribution in [0.25, 0.3) is 11.3 Å². The van der Waals surface area contributed by atoms with Gasteiger partial charge in [-0.25, -0.2) is 15.0 Å². The van der Waals surface area contributed by atoms with Crippen molar-refractivity contribution in [2.75, 3.05) is 11.6 Å². The Morgan fingerprint density at radius 1 is 1.04 bits per heavy atom. The van der Waals surface area contributed by atoms with Gasteiger partial charge in [0.05, 0.1) is 23.8 Å².